The van der Waals surface area contributed by atoms with E-state index in [-0.39, 0.29) is 23.1 Å². The number of rotatable bonds is 0. The van der Waals surface area contributed by atoms with Gasteiger partial charge in [0.15, 0.2) is 0 Å². The van der Waals surface area contributed by atoms with E-state index in [2.05, 4.69) is 0 Å². The van der Waals surface area contributed by atoms with Gasteiger partial charge in [-0.2, -0.15) is 0 Å². The van der Waals surface area contributed by atoms with Crippen molar-refractivity contribution in [1.82, 2.24) is 4.90 Å². The number of nitrogens with zero attached hydrogens (tertiary/aromatic N) is 1. The predicted molar refractivity (Wildman–Crippen MR) is 41.8 cm³/mol. The molecule has 2 atom stereocenters. The van der Waals surface area contributed by atoms with Crippen LogP contribution in [0, 0.1) is 0 Å². The van der Waals surface area contributed by atoms with Gasteiger partial charge < -0.3 is 10.8 Å². The van der Waals surface area contributed by atoms with Crippen LogP contribution in [-0.2, 0) is 4.79 Å². The number of carbonyl (C=O) groups excluding carboxylic acids is 1. The fraction of sp³-hybridized carbons (Fsp3) is 0.500. The average molecular weight is 172 g/mol. The Kier molecular flexibility index (Phi) is 1.37. The third-order valence-electron chi connectivity index (χ3n) is 1.81. The van der Waals surface area contributed by atoms with Gasteiger partial charge in [0.2, 0.25) is 5.91 Å². The van der Waals surface area contributed by atoms with Gasteiger partial charge in [0.1, 0.15) is 17.2 Å². The zero-order valence-electron chi connectivity index (χ0n) is 5.73. The summed E-state index contributed by atoms with van der Waals surface area (Å²) in [6, 6.07) is -0.371. The third-order valence-corrected chi connectivity index (χ3v) is 3.14. The van der Waals surface area contributed by atoms with Crippen LogP contribution in [0.5, 0.6) is 0 Å². The van der Waals surface area contributed by atoms with Crippen molar-refractivity contribution in [2.45, 2.75) is 11.4 Å². The zero-order valence-corrected chi connectivity index (χ0v) is 6.54. The minimum Gasteiger partial charge on any atom is -0.510 e. The van der Waals surface area contributed by atoms with E-state index < -0.39 is 0 Å². The summed E-state index contributed by atoms with van der Waals surface area (Å²) >= 11 is 1.49. The predicted octanol–water partition coefficient (Wildman–Crippen LogP) is -0.372. The summed E-state index contributed by atoms with van der Waals surface area (Å²) in [5.41, 5.74) is 5.50. The molecule has 5 heteroatoms. The van der Waals surface area contributed by atoms with Gasteiger partial charge in [-0.3, -0.25) is 9.69 Å². The highest BCUT2D eigenvalue weighted by Crippen LogP contribution is 2.33. The Morgan fingerprint density at radius 2 is 2.55 bits per heavy atom. The Morgan fingerprint density at radius 3 is 3.27 bits per heavy atom. The molecule has 4 nitrogen and oxygen atoms in total. The van der Waals surface area contributed by atoms with E-state index in [1.165, 1.54) is 22.9 Å². The van der Waals surface area contributed by atoms with Crippen LogP contribution in [0.15, 0.2) is 12.0 Å². The first kappa shape index (κ1) is 7.00. The molecule has 0 radical (unpaired) electrons. The van der Waals surface area contributed by atoms with Crippen LogP contribution in [0.1, 0.15) is 0 Å². The van der Waals surface area contributed by atoms with E-state index in [1.54, 1.807) is 0 Å². The van der Waals surface area contributed by atoms with Gasteiger partial charge in [0.05, 0.1) is 5.75 Å². The first-order chi connectivity index (χ1) is 5.20. The van der Waals surface area contributed by atoms with Crippen molar-refractivity contribution in [2.75, 3.05) is 5.75 Å². The SMILES string of the molecule is NC1C(=O)N2C=C(O)CS[C@H]12. The molecule has 1 unspecified atom stereocenters. The molecule has 0 spiro atoms. The third kappa shape index (κ3) is 0.844. The smallest absolute Gasteiger partial charge is 0.247 e. The molecule has 1 amide bonds. The van der Waals surface area contributed by atoms with Crippen LogP contribution in [0.2, 0.25) is 0 Å². The van der Waals surface area contributed by atoms with E-state index in [4.69, 9.17) is 10.8 Å². The van der Waals surface area contributed by atoms with E-state index in [1.807, 2.05) is 0 Å². The molecule has 2 aliphatic rings. The first-order valence-corrected chi connectivity index (χ1v) is 4.34. The molecule has 0 saturated carbocycles. The highest BCUT2D eigenvalue weighted by atomic mass is 32.2. The van der Waals surface area contributed by atoms with Gasteiger partial charge in [-0.05, 0) is 0 Å². The second kappa shape index (κ2) is 2.15. The number of aliphatic hydroxyl groups is 1. The normalized spacial score (nSPS) is 35.9. The highest BCUT2D eigenvalue weighted by Gasteiger charge is 2.46. The molecule has 1 fully saturated rings. The summed E-state index contributed by atoms with van der Waals surface area (Å²) in [6.45, 7) is 0. The van der Waals surface area contributed by atoms with Gasteiger partial charge in [-0.1, -0.05) is 0 Å². The number of hydrogen-bond donors (Lipinski definition) is 2. The summed E-state index contributed by atoms with van der Waals surface area (Å²) in [5, 5.41) is 9.09. The largest absolute Gasteiger partial charge is 0.510 e. The summed E-state index contributed by atoms with van der Waals surface area (Å²) in [4.78, 5) is 12.5. The lowest BCUT2D eigenvalue weighted by atomic mass is 10.1. The number of hydrogen-bond acceptors (Lipinski definition) is 4. The van der Waals surface area contributed by atoms with Gasteiger partial charge >= 0.3 is 0 Å². The summed E-state index contributed by atoms with van der Waals surface area (Å²) in [5.74, 6) is 0.697. The highest BCUT2D eigenvalue weighted by molar-refractivity contribution is 8.00. The Labute approximate surface area is 68.0 Å². The second-order valence-corrected chi connectivity index (χ2v) is 3.70. The zero-order chi connectivity index (χ0) is 8.01. The van der Waals surface area contributed by atoms with Crippen LogP contribution in [0.25, 0.3) is 0 Å². The van der Waals surface area contributed by atoms with Gasteiger partial charge in [-0.25, -0.2) is 0 Å². The molecule has 2 aliphatic heterocycles. The molecule has 0 aromatic rings. The topological polar surface area (TPSA) is 66.6 Å². The van der Waals surface area contributed by atoms with Crippen molar-refractivity contribution in [2.24, 2.45) is 5.73 Å². The second-order valence-electron chi connectivity index (χ2n) is 2.59. The van der Waals surface area contributed by atoms with E-state index in [9.17, 15) is 4.79 Å². The van der Waals surface area contributed by atoms with Crippen LogP contribution >= 0.6 is 11.8 Å². The fourth-order valence-electron chi connectivity index (χ4n) is 1.20. The summed E-state index contributed by atoms with van der Waals surface area (Å²) in [6.07, 6.45) is 1.47. The molecule has 1 saturated heterocycles. The minimum atomic E-state index is -0.371. The Morgan fingerprint density at radius 1 is 1.82 bits per heavy atom. The first-order valence-electron chi connectivity index (χ1n) is 3.29. The van der Waals surface area contributed by atoms with Crippen molar-refractivity contribution < 1.29 is 9.90 Å². The number of amides is 1. The number of thioether (sulfide) groups is 1. The maximum absolute atomic E-state index is 11.0. The molecule has 0 aromatic heterocycles. The number of fused-ring (bicyclic) bond motifs is 1. The molecule has 2 rings (SSSR count). The Hall–Kier alpha value is -0.680. The monoisotopic (exact) mass is 172 g/mol. The lowest BCUT2D eigenvalue weighted by Gasteiger charge is -2.44. The van der Waals surface area contributed by atoms with Crippen LogP contribution in [-0.4, -0.2) is 33.1 Å². The quantitative estimate of drug-likeness (QED) is 0.489. The number of nitrogens with two attached hydrogens (primary N) is 1. The minimum absolute atomic E-state index is 0.0541. The van der Waals surface area contributed by atoms with Gasteiger partial charge in [0, 0.05) is 6.20 Å². The number of carbonyl (C=O) groups is 1. The number of aliphatic hydroxyl groups excluding tert-OH is 1. The maximum Gasteiger partial charge on any atom is 0.247 e. The fourth-order valence-corrected chi connectivity index (χ4v) is 2.27. The lowest BCUT2D eigenvalue weighted by Crippen LogP contribution is -2.65. The van der Waals surface area contributed by atoms with Crippen molar-refractivity contribution in [1.29, 1.82) is 0 Å². The summed E-state index contributed by atoms with van der Waals surface area (Å²) < 4.78 is 0. The van der Waals surface area contributed by atoms with Gasteiger partial charge in [0.25, 0.3) is 0 Å². The Bertz CT molecular complexity index is 241. The van der Waals surface area contributed by atoms with Crippen LogP contribution < -0.4 is 5.73 Å². The molecule has 0 aromatic carbocycles. The van der Waals surface area contributed by atoms with Crippen molar-refractivity contribution in [3.63, 3.8) is 0 Å². The molecular weight excluding hydrogens is 164 g/mol. The molecule has 60 valence electrons. The van der Waals surface area contributed by atoms with Crippen molar-refractivity contribution in [3.05, 3.63) is 12.0 Å². The van der Waals surface area contributed by atoms with Crippen molar-refractivity contribution >= 4 is 17.7 Å². The molecule has 2 heterocycles. The number of β-lactam (4-membered cyclic amide) rings is 1. The standard InChI is InChI=1S/C6H8N2O2S/c7-4-5(10)8-1-3(9)2-11-6(4)8/h1,4,6,9H,2,7H2/t4?,6-/m1/s1. The molecular formula is C6H8N2O2S. The van der Waals surface area contributed by atoms with E-state index in [0.717, 1.165) is 0 Å². The molecule has 0 bridgehead atoms. The van der Waals surface area contributed by atoms with Gasteiger partial charge in [-0.15, -0.1) is 11.8 Å². The van der Waals surface area contributed by atoms with E-state index >= 15 is 0 Å². The lowest BCUT2D eigenvalue weighted by molar-refractivity contribution is -0.140. The maximum atomic E-state index is 11.0. The van der Waals surface area contributed by atoms with Crippen LogP contribution in [0.4, 0.5) is 0 Å². The molecule has 0 aliphatic carbocycles. The summed E-state index contributed by atoms with van der Waals surface area (Å²) in [7, 11) is 0. The average Bonchev–Trinajstić information content (AvgIpc) is 2.03. The van der Waals surface area contributed by atoms with Crippen LogP contribution in [0.3, 0.4) is 0 Å². The van der Waals surface area contributed by atoms with Crippen molar-refractivity contribution in [3.8, 4) is 0 Å². The van der Waals surface area contributed by atoms with E-state index in [0.29, 0.717) is 5.75 Å². The molecule has 3 N–H and O–H groups in total. The Balaban J connectivity index is 2.20. The molecule has 11 heavy (non-hydrogen) atoms.